The maximum Gasteiger partial charge on any atom is 0.260 e. The molecule has 1 aliphatic heterocycles. The molecule has 1 aliphatic rings. The second kappa shape index (κ2) is 6.32. The van der Waals surface area contributed by atoms with Gasteiger partial charge in [0.1, 0.15) is 12.0 Å². The number of fused-ring (bicyclic) bond motifs is 1. The topological polar surface area (TPSA) is 109 Å². The number of hydrogen-bond acceptors (Lipinski definition) is 6. The summed E-state index contributed by atoms with van der Waals surface area (Å²) < 4.78 is 5.79. The first kappa shape index (κ1) is 16.0. The molecule has 0 spiro atoms. The van der Waals surface area contributed by atoms with Crippen LogP contribution >= 0.6 is 15.9 Å². The molecule has 3 rings (SSSR count). The Balaban J connectivity index is 1.86. The molecule has 1 aromatic carbocycles. The lowest BCUT2D eigenvalue weighted by atomic mass is 9.96. The molecule has 0 saturated carbocycles. The number of benzene rings is 1. The van der Waals surface area contributed by atoms with Gasteiger partial charge in [-0.05, 0) is 18.2 Å². The Hall–Kier alpha value is -2.87. The summed E-state index contributed by atoms with van der Waals surface area (Å²) in [5, 5.41) is 14.3. The zero-order valence-corrected chi connectivity index (χ0v) is 13.7. The maximum atomic E-state index is 12.1. The number of amides is 2. The maximum absolute atomic E-state index is 12.1. The van der Waals surface area contributed by atoms with Gasteiger partial charge in [0.2, 0.25) is 5.43 Å². The van der Waals surface area contributed by atoms with E-state index < -0.39 is 23.0 Å². The van der Waals surface area contributed by atoms with E-state index in [4.69, 9.17) is 9.52 Å². The Labute approximate surface area is 144 Å². The number of imide groups is 1. The van der Waals surface area contributed by atoms with Crippen LogP contribution in [0.4, 0.5) is 0 Å². The number of nitrogens with one attached hydrogen (secondary N) is 2. The first-order valence-electron chi connectivity index (χ1n) is 6.85. The summed E-state index contributed by atoms with van der Waals surface area (Å²) in [7, 11) is 0. The van der Waals surface area contributed by atoms with E-state index in [-0.39, 0.29) is 17.9 Å². The Morgan fingerprint density at radius 2 is 1.96 bits per heavy atom. The lowest BCUT2D eigenvalue weighted by molar-refractivity contribution is -0.114. The van der Waals surface area contributed by atoms with E-state index in [9.17, 15) is 14.4 Å². The van der Waals surface area contributed by atoms with Crippen molar-refractivity contribution in [2.24, 2.45) is 0 Å². The molecule has 1 aromatic heterocycles. The normalized spacial score (nSPS) is 15.1. The average molecular weight is 391 g/mol. The minimum absolute atomic E-state index is 0.129. The monoisotopic (exact) mass is 390 g/mol. The molecule has 0 fully saturated rings. The summed E-state index contributed by atoms with van der Waals surface area (Å²) in [6.07, 6.45) is 2.39. The van der Waals surface area contributed by atoms with Crippen LogP contribution in [-0.2, 0) is 11.3 Å². The molecule has 0 bridgehead atoms. The summed E-state index contributed by atoms with van der Waals surface area (Å²) in [6.45, 7) is 0.129. The molecule has 8 heteroatoms. The highest BCUT2D eigenvalue weighted by atomic mass is 79.9. The summed E-state index contributed by atoms with van der Waals surface area (Å²) in [5.41, 5.74) is 0.618. The quantitative estimate of drug-likeness (QED) is 0.541. The highest BCUT2D eigenvalue weighted by Crippen LogP contribution is 2.26. The molecular formula is C16H11BrN2O5. The fourth-order valence-corrected chi connectivity index (χ4v) is 2.59. The van der Waals surface area contributed by atoms with Crippen molar-refractivity contribution in [3.63, 3.8) is 0 Å². The van der Waals surface area contributed by atoms with Gasteiger partial charge < -0.3 is 14.8 Å². The van der Waals surface area contributed by atoms with Gasteiger partial charge in [0.15, 0.2) is 5.75 Å². The Bertz CT molecular complexity index is 932. The van der Waals surface area contributed by atoms with Gasteiger partial charge >= 0.3 is 0 Å². The van der Waals surface area contributed by atoms with Gasteiger partial charge in [-0.2, -0.15) is 0 Å². The SMILES string of the molecule is O=C1NC(=O)c2ccc(Br)cc2/C1=C\NCc1cc(=O)c(O)co1. The minimum Gasteiger partial charge on any atom is -0.502 e. The molecule has 0 aliphatic carbocycles. The van der Waals surface area contributed by atoms with Crippen LogP contribution in [0.2, 0.25) is 0 Å². The molecule has 0 saturated heterocycles. The summed E-state index contributed by atoms with van der Waals surface area (Å²) >= 11 is 3.31. The molecule has 3 N–H and O–H groups in total. The van der Waals surface area contributed by atoms with E-state index in [1.807, 2.05) is 0 Å². The second-order valence-corrected chi connectivity index (χ2v) is 5.92. The van der Waals surface area contributed by atoms with Crippen molar-refractivity contribution in [3.05, 3.63) is 68.3 Å². The zero-order chi connectivity index (χ0) is 17.3. The first-order valence-corrected chi connectivity index (χ1v) is 7.65. The smallest absolute Gasteiger partial charge is 0.260 e. The number of aromatic hydroxyl groups is 1. The van der Waals surface area contributed by atoms with Crippen LogP contribution in [0.5, 0.6) is 5.75 Å². The van der Waals surface area contributed by atoms with Crippen molar-refractivity contribution in [1.29, 1.82) is 0 Å². The molecule has 7 nitrogen and oxygen atoms in total. The number of carbonyl (C=O) groups excluding carboxylic acids is 2. The van der Waals surface area contributed by atoms with E-state index >= 15 is 0 Å². The van der Waals surface area contributed by atoms with Gasteiger partial charge in [-0.25, -0.2) is 0 Å². The minimum atomic E-state index is -0.555. The molecular weight excluding hydrogens is 380 g/mol. The third-order valence-corrected chi connectivity index (χ3v) is 3.87. The van der Waals surface area contributed by atoms with E-state index in [1.54, 1.807) is 18.2 Å². The molecule has 0 radical (unpaired) electrons. The van der Waals surface area contributed by atoms with Gasteiger partial charge in [0.25, 0.3) is 11.8 Å². The van der Waals surface area contributed by atoms with Crippen LogP contribution in [0.25, 0.3) is 5.57 Å². The molecule has 24 heavy (non-hydrogen) atoms. The van der Waals surface area contributed by atoms with Crippen molar-refractivity contribution >= 4 is 33.3 Å². The lowest BCUT2D eigenvalue weighted by Gasteiger charge is -2.18. The van der Waals surface area contributed by atoms with Crippen LogP contribution in [0.1, 0.15) is 21.7 Å². The number of hydrogen-bond donors (Lipinski definition) is 3. The lowest BCUT2D eigenvalue weighted by Crippen LogP contribution is -2.37. The van der Waals surface area contributed by atoms with Crippen LogP contribution < -0.4 is 16.1 Å². The largest absolute Gasteiger partial charge is 0.502 e. The fourth-order valence-electron chi connectivity index (χ4n) is 2.23. The first-order chi connectivity index (χ1) is 11.5. The van der Waals surface area contributed by atoms with E-state index in [2.05, 4.69) is 26.6 Å². The second-order valence-electron chi connectivity index (χ2n) is 5.01. The van der Waals surface area contributed by atoms with Crippen molar-refractivity contribution in [2.75, 3.05) is 0 Å². The standard InChI is InChI=1S/C16H11BrN2O5/c17-8-1-2-10-11(3-8)12(16(23)19-15(10)22)6-18-5-9-4-13(20)14(21)7-24-9/h1-4,6-7,18,21H,5H2,(H,19,22,23)/b12-6+. The summed E-state index contributed by atoms with van der Waals surface area (Å²) in [5.74, 6) is -1.16. The molecule has 2 aromatic rings. The number of halogens is 1. The molecule has 2 heterocycles. The Kier molecular flexibility index (Phi) is 4.22. The third-order valence-electron chi connectivity index (χ3n) is 3.38. The van der Waals surface area contributed by atoms with E-state index in [0.717, 1.165) is 16.8 Å². The Morgan fingerprint density at radius 3 is 2.71 bits per heavy atom. The van der Waals surface area contributed by atoms with E-state index in [0.29, 0.717) is 11.1 Å². The molecule has 0 atom stereocenters. The predicted molar refractivity (Wildman–Crippen MR) is 88.1 cm³/mol. The van der Waals surface area contributed by atoms with Gasteiger partial charge in [-0.1, -0.05) is 15.9 Å². The van der Waals surface area contributed by atoms with Crippen LogP contribution in [0.15, 0.2) is 50.4 Å². The van der Waals surface area contributed by atoms with Crippen molar-refractivity contribution in [2.45, 2.75) is 6.54 Å². The van der Waals surface area contributed by atoms with Gasteiger partial charge in [0.05, 0.1) is 12.1 Å². The van der Waals surface area contributed by atoms with Gasteiger partial charge in [-0.15, -0.1) is 0 Å². The molecule has 0 unspecified atom stereocenters. The van der Waals surface area contributed by atoms with Gasteiger partial charge in [-0.3, -0.25) is 19.7 Å². The van der Waals surface area contributed by atoms with Crippen LogP contribution in [0.3, 0.4) is 0 Å². The summed E-state index contributed by atoms with van der Waals surface area (Å²) in [6, 6.07) is 6.16. The van der Waals surface area contributed by atoms with Gasteiger partial charge in [0, 0.05) is 27.9 Å². The highest BCUT2D eigenvalue weighted by Gasteiger charge is 2.27. The fraction of sp³-hybridized carbons (Fsp3) is 0.0625. The molecule has 2 amide bonds. The number of rotatable bonds is 3. The van der Waals surface area contributed by atoms with Crippen LogP contribution in [-0.4, -0.2) is 16.9 Å². The zero-order valence-electron chi connectivity index (χ0n) is 12.1. The van der Waals surface area contributed by atoms with Crippen molar-refractivity contribution in [3.8, 4) is 5.75 Å². The predicted octanol–water partition coefficient (Wildman–Crippen LogP) is 1.51. The number of carbonyl (C=O) groups is 2. The molecule has 122 valence electrons. The van der Waals surface area contributed by atoms with Crippen molar-refractivity contribution < 1.29 is 19.1 Å². The Morgan fingerprint density at radius 1 is 1.17 bits per heavy atom. The third kappa shape index (κ3) is 3.09. The average Bonchev–Trinajstić information content (AvgIpc) is 2.53. The van der Waals surface area contributed by atoms with Crippen LogP contribution in [0, 0.1) is 0 Å². The highest BCUT2D eigenvalue weighted by molar-refractivity contribution is 9.10. The van der Waals surface area contributed by atoms with E-state index in [1.165, 1.54) is 6.20 Å². The summed E-state index contributed by atoms with van der Waals surface area (Å²) in [4.78, 5) is 35.2. The van der Waals surface area contributed by atoms with Crippen molar-refractivity contribution in [1.82, 2.24) is 10.6 Å².